The van der Waals surface area contributed by atoms with Gasteiger partial charge in [-0.1, -0.05) is 30.3 Å². The Bertz CT molecular complexity index is 876. The highest BCUT2D eigenvalue weighted by Gasteiger charge is 2.53. The second-order valence-electron chi connectivity index (χ2n) is 6.80. The highest BCUT2D eigenvalue weighted by Crippen LogP contribution is 2.32. The van der Waals surface area contributed by atoms with E-state index in [1.807, 2.05) is 61.0 Å². The van der Waals surface area contributed by atoms with E-state index in [9.17, 15) is 9.59 Å². The summed E-state index contributed by atoms with van der Waals surface area (Å²) in [7, 11) is 0. The predicted molar refractivity (Wildman–Crippen MR) is 100 cm³/mol. The Balaban J connectivity index is 0.00000261. The third-order valence-corrected chi connectivity index (χ3v) is 5.06. The Hall–Kier alpha value is -2.22. The molecule has 0 saturated heterocycles. The summed E-state index contributed by atoms with van der Waals surface area (Å²) in [4.78, 5) is 27.8. The zero-order valence-corrected chi connectivity index (χ0v) is 18.0. The van der Waals surface area contributed by atoms with Gasteiger partial charge in [0.2, 0.25) is 17.8 Å². The molecule has 1 aliphatic rings. The topological polar surface area (TPSA) is 53.3 Å². The second-order valence-corrected chi connectivity index (χ2v) is 6.80. The minimum atomic E-state index is -1.13. The Morgan fingerprint density at radius 1 is 1.26 bits per heavy atom. The number of anilines is 1. The van der Waals surface area contributed by atoms with Crippen molar-refractivity contribution in [3.8, 4) is 0 Å². The number of aryl methyl sites for hydroxylation is 2. The molecule has 3 rings (SSSR count). The van der Waals surface area contributed by atoms with Gasteiger partial charge < -0.3 is 34.2 Å². The highest BCUT2D eigenvalue weighted by molar-refractivity contribution is 6.01. The summed E-state index contributed by atoms with van der Waals surface area (Å²) >= 11 is 0. The zero-order valence-electron chi connectivity index (χ0n) is 15.8. The quantitative estimate of drug-likeness (QED) is 0.366. The fourth-order valence-corrected chi connectivity index (χ4v) is 3.57. The molecule has 1 unspecified atom stereocenters. The number of aromatic nitrogens is 1. The number of fused-ring (bicyclic) bond motifs is 1. The molecule has 0 aliphatic carbocycles. The lowest BCUT2D eigenvalue weighted by Crippen LogP contribution is -3.00. The average molecular weight is 477 g/mol. The van der Waals surface area contributed by atoms with E-state index in [-0.39, 0.29) is 42.3 Å². The largest absolute Gasteiger partial charge is 1.00 e. The van der Waals surface area contributed by atoms with Crippen molar-refractivity contribution in [1.29, 1.82) is 0 Å². The summed E-state index contributed by atoms with van der Waals surface area (Å²) in [5, 5.41) is 3.06. The van der Waals surface area contributed by atoms with Crippen LogP contribution >= 0.6 is 0 Å². The van der Waals surface area contributed by atoms with Crippen LogP contribution in [-0.2, 0) is 21.7 Å². The van der Waals surface area contributed by atoms with E-state index in [1.54, 1.807) is 17.9 Å². The van der Waals surface area contributed by atoms with Gasteiger partial charge in [-0.2, -0.15) is 4.57 Å². The number of hydrogen-bond acceptors (Lipinski definition) is 2. The number of halogens is 1. The average Bonchev–Trinajstić information content (AvgIpc) is 2.61. The molecule has 1 atom stereocenters. The Morgan fingerprint density at radius 3 is 2.56 bits per heavy atom. The highest BCUT2D eigenvalue weighted by atomic mass is 127. The van der Waals surface area contributed by atoms with Gasteiger partial charge in [-0.05, 0) is 31.9 Å². The number of rotatable bonds is 4. The van der Waals surface area contributed by atoms with Crippen molar-refractivity contribution in [3.05, 3.63) is 72.1 Å². The molecule has 0 fully saturated rings. The summed E-state index contributed by atoms with van der Waals surface area (Å²) in [6.45, 7) is 9.99. The maximum absolute atomic E-state index is 13.4. The van der Waals surface area contributed by atoms with E-state index in [0.29, 0.717) is 6.54 Å². The summed E-state index contributed by atoms with van der Waals surface area (Å²) in [5.74, 6) is -0.336. The van der Waals surface area contributed by atoms with Crippen LogP contribution in [0.15, 0.2) is 55.3 Å². The van der Waals surface area contributed by atoms with Crippen LogP contribution in [-0.4, -0.2) is 23.3 Å². The number of nitrogens with one attached hydrogen (secondary N) is 1. The number of carbonyl (C=O) groups excluding carboxylic acids is 2. The lowest BCUT2D eigenvalue weighted by molar-refractivity contribution is -0.701. The minimum absolute atomic E-state index is 0. The molecule has 2 aromatic rings. The normalized spacial score (nSPS) is 18.3. The third-order valence-electron chi connectivity index (χ3n) is 5.06. The third kappa shape index (κ3) is 3.63. The summed E-state index contributed by atoms with van der Waals surface area (Å²) in [6.07, 6.45) is 3.49. The van der Waals surface area contributed by atoms with Gasteiger partial charge in [0.1, 0.15) is 0 Å². The maximum Gasteiger partial charge on any atom is 0.290 e. The van der Waals surface area contributed by atoms with Crippen molar-refractivity contribution in [3.63, 3.8) is 0 Å². The molecule has 0 bridgehead atoms. The van der Waals surface area contributed by atoms with E-state index in [1.165, 1.54) is 0 Å². The predicted octanol–water partition coefficient (Wildman–Crippen LogP) is -0.523. The lowest BCUT2D eigenvalue weighted by Gasteiger charge is -2.39. The van der Waals surface area contributed by atoms with Gasteiger partial charge in [-0.25, -0.2) is 0 Å². The van der Waals surface area contributed by atoms with Crippen molar-refractivity contribution in [2.24, 2.45) is 0 Å². The van der Waals surface area contributed by atoms with Crippen LogP contribution in [0.2, 0.25) is 0 Å². The lowest BCUT2D eigenvalue weighted by atomic mass is 9.90. The summed E-state index contributed by atoms with van der Waals surface area (Å²) in [5.41, 5.74) is 2.42. The number of carbonyl (C=O) groups is 2. The first-order chi connectivity index (χ1) is 12.4. The summed E-state index contributed by atoms with van der Waals surface area (Å²) < 4.78 is 1.84. The Labute approximate surface area is 177 Å². The number of benzene rings is 1. The van der Waals surface area contributed by atoms with Crippen LogP contribution in [0, 0.1) is 13.8 Å². The van der Waals surface area contributed by atoms with Gasteiger partial charge >= 0.3 is 0 Å². The van der Waals surface area contributed by atoms with Crippen molar-refractivity contribution in [2.75, 3.05) is 11.9 Å². The first kappa shape index (κ1) is 21.1. The number of hydrogen-bond donors (Lipinski definition) is 1. The fraction of sp³-hybridized carbons (Fsp3) is 0.286. The molecule has 1 aromatic heterocycles. The van der Waals surface area contributed by atoms with E-state index < -0.39 is 5.54 Å². The van der Waals surface area contributed by atoms with Gasteiger partial charge in [0, 0.05) is 24.4 Å². The molecular weight excluding hydrogens is 453 g/mol. The fourth-order valence-electron chi connectivity index (χ4n) is 3.57. The van der Waals surface area contributed by atoms with Crippen LogP contribution < -0.4 is 33.9 Å². The molecule has 1 aromatic carbocycles. The Morgan fingerprint density at radius 2 is 1.93 bits per heavy atom. The van der Waals surface area contributed by atoms with Crippen LogP contribution in [0.4, 0.5) is 5.69 Å². The first-order valence-corrected chi connectivity index (χ1v) is 8.67. The smallest absolute Gasteiger partial charge is 0.290 e. The molecule has 2 heterocycles. The van der Waals surface area contributed by atoms with Gasteiger partial charge in [0.15, 0.2) is 6.20 Å². The molecular formula is C21H24IN3O2. The monoisotopic (exact) mass is 477 g/mol. The van der Waals surface area contributed by atoms with Crippen LogP contribution in [0.5, 0.6) is 0 Å². The van der Waals surface area contributed by atoms with Gasteiger partial charge in [-0.15, -0.1) is 6.58 Å². The Kier molecular flexibility index (Phi) is 6.41. The number of nitrogens with zero attached hydrogens (tertiary/aromatic N) is 2. The van der Waals surface area contributed by atoms with E-state index in [4.69, 9.17) is 0 Å². The van der Waals surface area contributed by atoms with Crippen LogP contribution in [0.1, 0.15) is 23.7 Å². The van der Waals surface area contributed by atoms with Crippen molar-refractivity contribution >= 4 is 17.5 Å². The molecule has 1 aliphatic heterocycles. The summed E-state index contributed by atoms with van der Waals surface area (Å²) in [6, 6.07) is 11.5. The van der Waals surface area contributed by atoms with Gasteiger partial charge in [-0.3, -0.25) is 9.59 Å². The van der Waals surface area contributed by atoms with Crippen molar-refractivity contribution in [2.45, 2.75) is 32.9 Å². The van der Waals surface area contributed by atoms with Crippen molar-refractivity contribution in [1.82, 2.24) is 4.90 Å². The SMILES string of the molecule is C=CCN1C(=O)C[n+]2ccccc2C1(C)C(=O)Nc1c(C)cccc1C.[I-]. The molecule has 27 heavy (non-hydrogen) atoms. The number of pyridine rings is 1. The van der Waals surface area contributed by atoms with Gasteiger partial charge in [0.05, 0.1) is 0 Å². The molecule has 0 spiro atoms. The second kappa shape index (κ2) is 8.21. The molecule has 2 amide bonds. The minimum Gasteiger partial charge on any atom is -1.00 e. The molecule has 0 saturated carbocycles. The molecule has 6 heteroatoms. The van der Waals surface area contributed by atoms with E-state index in [2.05, 4.69) is 11.9 Å². The van der Waals surface area contributed by atoms with Gasteiger partial charge in [0.25, 0.3) is 11.8 Å². The number of para-hydroxylation sites is 1. The molecule has 0 radical (unpaired) electrons. The number of amides is 2. The first-order valence-electron chi connectivity index (χ1n) is 8.67. The zero-order chi connectivity index (χ0) is 18.9. The van der Waals surface area contributed by atoms with E-state index >= 15 is 0 Å². The van der Waals surface area contributed by atoms with Crippen molar-refractivity contribution < 1.29 is 38.1 Å². The van der Waals surface area contributed by atoms with Crippen LogP contribution in [0.3, 0.4) is 0 Å². The molecule has 5 nitrogen and oxygen atoms in total. The van der Waals surface area contributed by atoms with Crippen LogP contribution in [0.25, 0.3) is 0 Å². The standard InChI is InChI=1S/C21H23N3O2.HI/c1-5-12-24-18(25)14-23-13-7-6-11-17(23)21(24,4)20(26)22-19-15(2)9-8-10-16(19)3;/h5-11,13H,1,12,14H2,2-4H3;1H. The maximum atomic E-state index is 13.4. The molecule has 142 valence electrons. The van der Waals surface area contributed by atoms with E-state index in [0.717, 1.165) is 22.5 Å². The molecule has 1 N–H and O–H groups in total.